The van der Waals surface area contributed by atoms with Crippen LogP contribution in [0.4, 0.5) is 0 Å². The molecule has 0 amide bonds. The van der Waals surface area contributed by atoms with Gasteiger partial charge >= 0.3 is 0 Å². The van der Waals surface area contributed by atoms with Crippen molar-refractivity contribution in [2.75, 3.05) is 26.8 Å². The molecule has 0 fully saturated rings. The summed E-state index contributed by atoms with van der Waals surface area (Å²) in [6, 6.07) is 0.440. The Morgan fingerprint density at radius 3 is 2.33 bits per heavy atom. The summed E-state index contributed by atoms with van der Waals surface area (Å²) >= 11 is 5.34. The Hall–Kier alpha value is -0.350. The predicted octanol–water partition coefficient (Wildman–Crippen LogP) is 1.87. The van der Waals surface area contributed by atoms with Gasteiger partial charge in [-0.15, -0.1) is 0 Å². The summed E-state index contributed by atoms with van der Waals surface area (Å²) in [4.78, 5) is 2.22. The van der Waals surface area contributed by atoms with Crippen LogP contribution in [0, 0.1) is 5.92 Å². The van der Waals surface area contributed by atoms with Crippen LogP contribution >= 0.6 is 12.2 Å². The van der Waals surface area contributed by atoms with Gasteiger partial charge in [-0.2, -0.15) is 0 Å². The van der Waals surface area contributed by atoms with Gasteiger partial charge in [0.1, 0.15) is 0 Å². The van der Waals surface area contributed by atoms with Crippen molar-refractivity contribution in [3.8, 4) is 0 Å². The first-order chi connectivity index (χ1) is 6.99. The molecule has 0 rings (SSSR count). The Morgan fingerprint density at radius 1 is 1.33 bits per heavy atom. The van der Waals surface area contributed by atoms with Gasteiger partial charge in [-0.25, -0.2) is 0 Å². The zero-order chi connectivity index (χ0) is 11.8. The Morgan fingerprint density at radius 2 is 1.93 bits per heavy atom. The van der Waals surface area contributed by atoms with Crippen LogP contribution < -0.4 is 5.32 Å². The molecule has 0 aromatic carbocycles. The molecule has 0 aliphatic carbocycles. The van der Waals surface area contributed by atoms with E-state index in [2.05, 4.69) is 37.9 Å². The van der Waals surface area contributed by atoms with E-state index >= 15 is 0 Å². The second-order valence-electron chi connectivity index (χ2n) is 4.36. The van der Waals surface area contributed by atoms with Gasteiger partial charge in [0.05, 0.1) is 6.61 Å². The second kappa shape index (κ2) is 7.88. The van der Waals surface area contributed by atoms with Gasteiger partial charge in [-0.05, 0) is 32.0 Å². The Labute approximate surface area is 99.2 Å². The number of methoxy groups -OCH3 is 1. The lowest BCUT2D eigenvalue weighted by Gasteiger charge is -2.31. The molecule has 0 saturated heterocycles. The minimum atomic E-state index is 0.440. The molecule has 0 bridgehead atoms. The minimum absolute atomic E-state index is 0.440. The van der Waals surface area contributed by atoms with Crippen LogP contribution in [0.15, 0.2) is 0 Å². The van der Waals surface area contributed by atoms with E-state index in [0.717, 1.165) is 18.2 Å². The maximum absolute atomic E-state index is 5.34. The highest BCUT2D eigenvalue weighted by molar-refractivity contribution is 7.80. The van der Waals surface area contributed by atoms with E-state index in [-0.39, 0.29) is 0 Å². The fourth-order valence-corrected chi connectivity index (χ4v) is 1.67. The lowest BCUT2D eigenvalue weighted by molar-refractivity contribution is 0.202. The molecule has 4 heteroatoms. The van der Waals surface area contributed by atoms with E-state index in [1.807, 2.05) is 0 Å². The van der Waals surface area contributed by atoms with Crippen molar-refractivity contribution in [3.05, 3.63) is 0 Å². The number of hydrogen-bond donors (Lipinski definition) is 1. The van der Waals surface area contributed by atoms with Crippen molar-refractivity contribution in [3.63, 3.8) is 0 Å². The van der Waals surface area contributed by atoms with E-state index in [1.54, 1.807) is 7.11 Å². The number of nitrogens with one attached hydrogen (secondary N) is 1. The zero-order valence-corrected chi connectivity index (χ0v) is 11.4. The van der Waals surface area contributed by atoms with Crippen LogP contribution in [0.5, 0.6) is 0 Å². The second-order valence-corrected chi connectivity index (χ2v) is 4.75. The summed E-state index contributed by atoms with van der Waals surface area (Å²) in [7, 11) is 1.69. The smallest absolute Gasteiger partial charge is 0.169 e. The van der Waals surface area contributed by atoms with E-state index < -0.39 is 0 Å². The van der Waals surface area contributed by atoms with Crippen LogP contribution in [-0.2, 0) is 4.74 Å². The normalized spacial score (nSPS) is 10.9. The van der Waals surface area contributed by atoms with Gasteiger partial charge in [0.15, 0.2) is 5.11 Å². The minimum Gasteiger partial charge on any atom is -0.383 e. The largest absolute Gasteiger partial charge is 0.383 e. The zero-order valence-electron chi connectivity index (χ0n) is 10.5. The molecule has 15 heavy (non-hydrogen) atoms. The highest BCUT2D eigenvalue weighted by Gasteiger charge is 2.13. The molecular formula is C11H24N2OS. The molecule has 0 radical (unpaired) electrons. The predicted molar refractivity (Wildman–Crippen MR) is 69.2 cm³/mol. The third-order valence-electron chi connectivity index (χ3n) is 2.03. The Kier molecular flexibility index (Phi) is 7.70. The molecule has 1 N–H and O–H groups in total. The van der Waals surface area contributed by atoms with Crippen molar-refractivity contribution in [1.29, 1.82) is 0 Å². The van der Waals surface area contributed by atoms with E-state index in [1.165, 1.54) is 0 Å². The van der Waals surface area contributed by atoms with Gasteiger partial charge in [0.25, 0.3) is 0 Å². The molecule has 90 valence electrons. The fraction of sp³-hybridized carbons (Fsp3) is 0.909. The quantitative estimate of drug-likeness (QED) is 0.558. The van der Waals surface area contributed by atoms with E-state index in [9.17, 15) is 0 Å². The summed E-state index contributed by atoms with van der Waals surface area (Å²) in [5, 5.41) is 4.03. The van der Waals surface area contributed by atoms with Crippen LogP contribution in [0.1, 0.15) is 27.7 Å². The van der Waals surface area contributed by atoms with Crippen molar-refractivity contribution < 1.29 is 4.74 Å². The maximum atomic E-state index is 5.34. The summed E-state index contributed by atoms with van der Waals surface area (Å²) in [5.74, 6) is 0.620. The average molecular weight is 232 g/mol. The third-order valence-corrected chi connectivity index (χ3v) is 2.41. The van der Waals surface area contributed by atoms with Crippen molar-refractivity contribution in [1.82, 2.24) is 10.2 Å². The molecular weight excluding hydrogens is 208 g/mol. The first-order valence-electron chi connectivity index (χ1n) is 5.52. The van der Waals surface area contributed by atoms with Crippen LogP contribution in [0.2, 0.25) is 0 Å². The monoisotopic (exact) mass is 232 g/mol. The lowest BCUT2D eigenvalue weighted by atomic mass is 10.2. The number of ether oxygens (including phenoxy) is 1. The maximum Gasteiger partial charge on any atom is 0.169 e. The molecule has 0 aromatic rings. The number of nitrogens with zero attached hydrogens (tertiary/aromatic N) is 1. The fourth-order valence-electron chi connectivity index (χ4n) is 1.28. The highest BCUT2D eigenvalue weighted by Crippen LogP contribution is 2.04. The van der Waals surface area contributed by atoms with Crippen molar-refractivity contribution in [2.24, 2.45) is 5.92 Å². The molecule has 0 aliphatic rings. The Balaban J connectivity index is 4.05. The lowest BCUT2D eigenvalue weighted by Crippen LogP contribution is -2.46. The number of rotatable bonds is 6. The molecule has 3 nitrogen and oxygen atoms in total. The summed E-state index contributed by atoms with van der Waals surface area (Å²) in [6.45, 7) is 11.2. The van der Waals surface area contributed by atoms with Gasteiger partial charge in [0, 0.05) is 26.2 Å². The summed E-state index contributed by atoms with van der Waals surface area (Å²) in [5.41, 5.74) is 0. The van der Waals surface area contributed by atoms with Crippen molar-refractivity contribution >= 4 is 17.3 Å². The van der Waals surface area contributed by atoms with Gasteiger partial charge in [-0.1, -0.05) is 13.8 Å². The van der Waals surface area contributed by atoms with E-state index in [4.69, 9.17) is 17.0 Å². The third kappa shape index (κ3) is 6.68. The van der Waals surface area contributed by atoms with E-state index in [0.29, 0.717) is 18.6 Å². The highest BCUT2D eigenvalue weighted by atomic mass is 32.1. The molecule has 0 unspecified atom stereocenters. The average Bonchev–Trinajstić information content (AvgIpc) is 2.13. The van der Waals surface area contributed by atoms with Crippen molar-refractivity contribution in [2.45, 2.75) is 33.7 Å². The molecule has 0 aromatic heterocycles. The molecule has 0 saturated carbocycles. The van der Waals surface area contributed by atoms with Crippen LogP contribution in [0.3, 0.4) is 0 Å². The van der Waals surface area contributed by atoms with Gasteiger partial charge in [-0.3, -0.25) is 0 Å². The summed E-state index contributed by atoms with van der Waals surface area (Å²) < 4.78 is 4.97. The standard InChI is InChI=1S/C11H24N2OS/c1-9(2)8-13(10(3)4)11(15)12-6-7-14-5/h9-10H,6-8H2,1-5H3,(H,12,15). The van der Waals surface area contributed by atoms with Gasteiger partial charge < -0.3 is 15.0 Å². The van der Waals surface area contributed by atoms with Crippen LogP contribution in [0.25, 0.3) is 0 Å². The Bertz CT molecular complexity index is 183. The molecule has 0 atom stereocenters. The molecule has 0 aliphatic heterocycles. The number of thiocarbonyl (C=S) groups is 1. The van der Waals surface area contributed by atoms with Crippen LogP contribution in [-0.4, -0.2) is 42.9 Å². The SMILES string of the molecule is COCCNC(=S)N(CC(C)C)C(C)C. The first-order valence-corrected chi connectivity index (χ1v) is 5.93. The van der Waals surface area contributed by atoms with Gasteiger partial charge in [0.2, 0.25) is 0 Å². The molecule has 0 heterocycles. The first kappa shape index (κ1) is 14.6. The summed E-state index contributed by atoms with van der Waals surface area (Å²) in [6.07, 6.45) is 0. The molecule has 0 spiro atoms. The number of hydrogen-bond acceptors (Lipinski definition) is 2. The topological polar surface area (TPSA) is 24.5 Å².